The third-order valence-corrected chi connectivity index (χ3v) is 5.05. The summed E-state index contributed by atoms with van der Waals surface area (Å²) >= 11 is 6.06. The molecule has 8 nitrogen and oxygen atoms in total. The van der Waals surface area contributed by atoms with Crippen molar-refractivity contribution in [1.29, 1.82) is 5.26 Å². The van der Waals surface area contributed by atoms with Crippen LogP contribution in [0.1, 0.15) is 5.56 Å². The second-order valence-corrected chi connectivity index (χ2v) is 7.49. The van der Waals surface area contributed by atoms with Crippen LogP contribution in [0.4, 0.5) is 11.4 Å². The molecule has 0 aromatic heterocycles. The monoisotopic (exact) mass is 491 g/mol. The third kappa shape index (κ3) is 7.00. The number of methoxy groups -OCH3 is 2. The van der Waals surface area contributed by atoms with Gasteiger partial charge in [0.15, 0.2) is 18.1 Å². The first-order valence-corrected chi connectivity index (χ1v) is 10.7. The van der Waals surface area contributed by atoms with Crippen molar-refractivity contribution in [2.24, 2.45) is 0 Å². The number of rotatable bonds is 9. The third-order valence-electron chi connectivity index (χ3n) is 4.72. The number of anilines is 2. The molecule has 3 aromatic rings. The summed E-state index contributed by atoms with van der Waals surface area (Å²) in [5, 5.41) is 15.2. The van der Waals surface area contributed by atoms with Crippen molar-refractivity contribution in [1.82, 2.24) is 0 Å². The van der Waals surface area contributed by atoms with Crippen LogP contribution in [0.3, 0.4) is 0 Å². The molecule has 9 heteroatoms. The summed E-state index contributed by atoms with van der Waals surface area (Å²) in [6, 6.07) is 20.3. The maximum atomic E-state index is 12.5. The molecule has 35 heavy (non-hydrogen) atoms. The van der Waals surface area contributed by atoms with E-state index in [1.165, 1.54) is 13.2 Å². The summed E-state index contributed by atoms with van der Waals surface area (Å²) in [5.41, 5.74) is 1.41. The van der Waals surface area contributed by atoms with Gasteiger partial charge in [-0.05, 0) is 60.2 Å². The molecule has 0 heterocycles. The Kier molecular flexibility index (Phi) is 8.70. The Hall–Kier alpha value is -4.48. The van der Waals surface area contributed by atoms with Crippen molar-refractivity contribution in [3.8, 4) is 23.3 Å². The van der Waals surface area contributed by atoms with E-state index >= 15 is 0 Å². The summed E-state index contributed by atoms with van der Waals surface area (Å²) in [7, 11) is 3.01. The topological polar surface area (TPSA) is 110 Å². The van der Waals surface area contributed by atoms with Crippen molar-refractivity contribution >= 4 is 40.9 Å². The molecule has 3 rings (SSSR count). The van der Waals surface area contributed by atoms with Gasteiger partial charge in [-0.3, -0.25) is 9.59 Å². The highest BCUT2D eigenvalue weighted by molar-refractivity contribution is 6.34. The van der Waals surface area contributed by atoms with E-state index in [2.05, 4.69) is 10.6 Å². The largest absolute Gasteiger partial charge is 0.497 e. The second kappa shape index (κ2) is 12.1. The molecule has 0 radical (unpaired) electrons. The number of halogens is 1. The predicted octanol–water partition coefficient (Wildman–Crippen LogP) is 4.92. The number of hydrogen-bond acceptors (Lipinski definition) is 6. The van der Waals surface area contributed by atoms with E-state index in [4.69, 9.17) is 25.8 Å². The molecule has 0 saturated heterocycles. The van der Waals surface area contributed by atoms with Crippen molar-refractivity contribution in [3.63, 3.8) is 0 Å². The van der Waals surface area contributed by atoms with Gasteiger partial charge in [0, 0.05) is 5.69 Å². The van der Waals surface area contributed by atoms with Gasteiger partial charge in [-0.15, -0.1) is 0 Å². The molecule has 0 fully saturated rings. The molecule has 0 bridgehead atoms. The molecule has 2 amide bonds. The van der Waals surface area contributed by atoms with Gasteiger partial charge in [0.25, 0.3) is 11.8 Å². The van der Waals surface area contributed by atoms with Crippen LogP contribution in [0.2, 0.25) is 5.02 Å². The van der Waals surface area contributed by atoms with Gasteiger partial charge < -0.3 is 24.8 Å². The van der Waals surface area contributed by atoms with Gasteiger partial charge >= 0.3 is 0 Å². The Labute approximate surface area is 207 Å². The van der Waals surface area contributed by atoms with Crippen molar-refractivity contribution in [2.75, 3.05) is 31.5 Å². The molecule has 0 aliphatic rings. The Balaban J connectivity index is 1.66. The first-order chi connectivity index (χ1) is 16.9. The molecule has 0 aliphatic heterocycles. The standard InChI is InChI=1S/C26H22ClN3O5/c1-33-20-10-8-19(9-11-20)29-25(31)16-35-23-12-7-17(14-24(23)34-2)13-18(15-28)26(32)30-22-6-4-3-5-21(22)27/h3-14H,16H2,1-2H3,(H,29,31)(H,30,32). The second-order valence-electron chi connectivity index (χ2n) is 7.08. The molecule has 0 atom stereocenters. The highest BCUT2D eigenvalue weighted by Crippen LogP contribution is 2.29. The number of hydrogen-bond donors (Lipinski definition) is 2. The Bertz CT molecular complexity index is 1280. The quantitative estimate of drug-likeness (QED) is 0.325. The average molecular weight is 492 g/mol. The van der Waals surface area contributed by atoms with E-state index in [9.17, 15) is 14.9 Å². The van der Waals surface area contributed by atoms with Gasteiger partial charge in [0.05, 0.1) is 24.9 Å². The molecule has 0 aliphatic carbocycles. The van der Waals surface area contributed by atoms with E-state index in [1.54, 1.807) is 73.8 Å². The molecular weight excluding hydrogens is 470 g/mol. The number of amides is 2. The first kappa shape index (κ1) is 25.1. The fourth-order valence-electron chi connectivity index (χ4n) is 2.98. The molecule has 3 aromatic carbocycles. The van der Waals surface area contributed by atoms with Gasteiger partial charge in [0.1, 0.15) is 17.4 Å². The minimum atomic E-state index is -0.602. The van der Waals surface area contributed by atoms with Crippen molar-refractivity contribution < 1.29 is 23.8 Å². The summed E-state index contributed by atoms with van der Waals surface area (Å²) < 4.78 is 16.0. The Morgan fingerprint density at radius 1 is 0.971 bits per heavy atom. The summed E-state index contributed by atoms with van der Waals surface area (Å²) in [6.07, 6.45) is 1.41. The number of nitrogens with one attached hydrogen (secondary N) is 2. The normalized spacial score (nSPS) is 10.6. The van der Waals surface area contributed by atoms with Crippen molar-refractivity contribution in [2.45, 2.75) is 0 Å². The zero-order valence-electron chi connectivity index (χ0n) is 19.0. The molecular formula is C26H22ClN3O5. The van der Waals surface area contributed by atoms with Crippen LogP contribution in [-0.2, 0) is 9.59 Å². The van der Waals surface area contributed by atoms with Gasteiger partial charge in [-0.25, -0.2) is 0 Å². The molecule has 0 spiro atoms. The van der Waals surface area contributed by atoms with E-state index < -0.39 is 5.91 Å². The van der Waals surface area contributed by atoms with Crippen LogP contribution in [0.25, 0.3) is 6.08 Å². The maximum absolute atomic E-state index is 12.5. The highest BCUT2D eigenvalue weighted by Gasteiger charge is 2.13. The van der Waals surface area contributed by atoms with Crippen LogP contribution < -0.4 is 24.8 Å². The first-order valence-electron chi connectivity index (χ1n) is 10.4. The lowest BCUT2D eigenvalue weighted by atomic mass is 10.1. The molecule has 2 N–H and O–H groups in total. The number of carbonyl (C=O) groups is 2. The molecule has 178 valence electrons. The van der Waals surface area contributed by atoms with Crippen LogP contribution in [0.15, 0.2) is 72.3 Å². The molecule has 0 saturated carbocycles. The number of carbonyl (C=O) groups excluding carboxylic acids is 2. The van der Waals surface area contributed by atoms with Gasteiger partial charge in [0.2, 0.25) is 0 Å². The van der Waals surface area contributed by atoms with Gasteiger partial charge in [-0.2, -0.15) is 5.26 Å². The van der Waals surface area contributed by atoms with E-state index in [-0.39, 0.29) is 18.1 Å². The van der Waals surface area contributed by atoms with Crippen LogP contribution in [0.5, 0.6) is 17.2 Å². The number of para-hydroxylation sites is 1. The Morgan fingerprint density at radius 3 is 2.37 bits per heavy atom. The van der Waals surface area contributed by atoms with Crippen molar-refractivity contribution in [3.05, 3.63) is 82.9 Å². The average Bonchev–Trinajstić information content (AvgIpc) is 2.88. The number of nitriles is 1. The fourth-order valence-corrected chi connectivity index (χ4v) is 3.16. The lowest BCUT2D eigenvalue weighted by Crippen LogP contribution is -2.20. The van der Waals surface area contributed by atoms with E-state index in [0.717, 1.165) is 0 Å². The number of benzene rings is 3. The van der Waals surface area contributed by atoms with E-state index in [1.807, 2.05) is 6.07 Å². The van der Waals surface area contributed by atoms with Crippen LogP contribution in [-0.4, -0.2) is 32.6 Å². The SMILES string of the molecule is COc1ccc(NC(=O)COc2ccc(C=C(C#N)C(=O)Nc3ccccc3Cl)cc2OC)cc1. The van der Waals surface area contributed by atoms with Crippen LogP contribution in [0, 0.1) is 11.3 Å². The maximum Gasteiger partial charge on any atom is 0.266 e. The highest BCUT2D eigenvalue weighted by atomic mass is 35.5. The molecule has 0 unspecified atom stereocenters. The minimum absolute atomic E-state index is 0.125. The summed E-state index contributed by atoms with van der Waals surface area (Å²) in [4.78, 5) is 24.7. The lowest BCUT2D eigenvalue weighted by Gasteiger charge is -2.12. The zero-order valence-corrected chi connectivity index (χ0v) is 19.8. The number of nitrogens with zero attached hydrogens (tertiary/aromatic N) is 1. The van der Waals surface area contributed by atoms with Gasteiger partial charge in [-0.1, -0.05) is 29.8 Å². The number of ether oxygens (including phenoxy) is 3. The fraction of sp³-hybridized carbons (Fsp3) is 0.115. The smallest absolute Gasteiger partial charge is 0.266 e. The van der Waals surface area contributed by atoms with E-state index in [0.29, 0.717) is 39.2 Å². The Morgan fingerprint density at radius 2 is 1.71 bits per heavy atom. The minimum Gasteiger partial charge on any atom is -0.497 e. The van der Waals surface area contributed by atoms with Crippen LogP contribution >= 0.6 is 11.6 Å². The summed E-state index contributed by atoms with van der Waals surface area (Å²) in [6.45, 7) is -0.249. The lowest BCUT2D eigenvalue weighted by molar-refractivity contribution is -0.118. The predicted molar refractivity (Wildman–Crippen MR) is 134 cm³/mol. The summed E-state index contributed by atoms with van der Waals surface area (Å²) in [5.74, 6) is 0.381. The zero-order chi connectivity index (χ0) is 25.2.